The van der Waals surface area contributed by atoms with Crippen LogP contribution in [0.15, 0.2) is 5.11 Å². The first kappa shape index (κ1) is 10.1. The van der Waals surface area contributed by atoms with Gasteiger partial charge in [-0.3, -0.25) is 4.79 Å². The molecule has 0 heterocycles. The fraction of sp³-hybridized carbons (Fsp3) is 0.889. The van der Waals surface area contributed by atoms with Crippen molar-refractivity contribution in [1.29, 1.82) is 0 Å². The van der Waals surface area contributed by atoms with Crippen LogP contribution in [0.1, 0.15) is 39.0 Å². The number of carbonyl (C=O) groups excluding carboxylic acids is 1. The summed E-state index contributed by atoms with van der Waals surface area (Å²) in [5.41, 5.74) is 8.21. The summed E-state index contributed by atoms with van der Waals surface area (Å²) in [6.45, 7) is 1.86. The molecule has 0 aliphatic heterocycles. The van der Waals surface area contributed by atoms with E-state index in [1.807, 2.05) is 6.92 Å². The number of carbonyl (C=O) groups is 1. The summed E-state index contributed by atoms with van der Waals surface area (Å²) in [6, 6.07) is -0.0444. The first-order valence-corrected chi connectivity index (χ1v) is 4.81. The Bertz CT molecular complexity index is 233. The molecule has 2 atom stereocenters. The normalized spacial score (nSPS) is 25.0. The van der Waals surface area contributed by atoms with Crippen molar-refractivity contribution in [3.05, 3.63) is 10.4 Å². The molecule has 0 aromatic rings. The maximum Gasteiger partial charge on any atom is 0.135 e. The van der Waals surface area contributed by atoms with Crippen LogP contribution in [0.3, 0.4) is 0 Å². The summed E-state index contributed by atoms with van der Waals surface area (Å²) < 4.78 is 0. The van der Waals surface area contributed by atoms with Crippen LogP contribution in [0, 0.1) is 5.92 Å². The van der Waals surface area contributed by atoms with E-state index in [4.69, 9.17) is 5.53 Å². The monoisotopic (exact) mass is 181 g/mol. The molecule has 1 rings (SSSR count). The van der Waals surface area contributed by atoms with Crippen molar-refractivity contribution in [2.45, 2.75) is 45.1 Å². The molecule has 0 N–H and O–H groups in total. The second kappa shape index (κ2) is 4.87. The van der Waals surface area contributed by atoms with Crippen LogP contribution in [0.5, 0.6) is 0 Å². The van der Waals surface area contributed by atoms with Gasteiger partial charge in [-0.1, -0.05) is 18.5 Å². The molecule has 1 aliphatic carbocycles. The fourth-order valence-electron chi connectivity index (χ4n) is 1.85. The molecule has 0 aromatic heterocycles. The van der Waals surface area contributed by atoms with Gasteiger partial charge in [-0.2, -0.15) is 0 Å². The second-order valence-corrected chi connectivity index (χ2v) is 3.70. The molecule has 0 aromatic carbocycles. The molecule has 1 saturated carbocycles. The number of azide groups is 1. The summed E-state index contributed by atoms with van der Waals surface area (Å²) in [4.78, 5) is 14.1. The number of hydrogen-bond acceptors (Lipinski definition) is 2. The lowest BCUT2D eigenvalue weighted by atomic mass is 9.84. The van der Waals surface area contributed by atoms with Crippen LogP contribution in [0.2, 0.25) is 0 Å². The van der Waals surface area contributed by atoms with Crippen molar-refractivity contribution in [3.63, 3.8) is 0 Å². The van der Waals surface area contributed by atoms with Gasteiger partial charge in [0.25, 0.3) is 0 Å². The zero-order chi connectivity index (χ0) is 9.68. The van der Waals surface area contributed by atoms with Crippen molar-refractivity contribution in [2.75, 3.05) is 0 Å². The van der Waals surface area contributed by atoms with Gasteiger partial charge in [0, 0.05) is 23.3 Å². The fourth-order valence-corrected chi connectivity index (χ4v) is 1.85. The SMILES string of the molecule is CC(CC1CCCCC1=O)N=[N+]=[N-]. The lowest BCUT2D eigenvalue weighted by Crippen LogP contribution is -2.22. The van der Waals surface area contributed by atoms with Gasteiger partial charge in [-0.05, 0) is 24.8 Å². The van der Waals surface area contributed by atoms with Crippen molar-refractivity contribution in [2.24, 2.45) is 11.0 Å². The lowest BCUT2D eigenvalue weighted by molar-refractivity contribution is -0.124. The van der Waals surface area contributed by atoms with Crippen LogP contribution in [0.25, 0.3) is 10.4 Å². The van der Waals surface area contributed by atoms with Gasteiger partial charge in [-0.15, -0.1) is 0 Å². The highest BCUT2D eigenvalue weighted by atomic mass is 16.1. The molecule has 2 unspecified atom stereocenters. The summed E-state index contributed by atoms with van der Waals surface area (Å²) in [5, 5.41) is 3.58. The molecule has 0 bridgehead atoms. The highest BCUT2D eigenvalue weighted by molar-refractivity contribution is 5.81. The van der Waals surface area contributed by atoms with E-state index in [9.17, 15) is 4.79 Å². The van der Waals surface area contributed by atoms with E-state index in [0.717, 1.165) is 25.7 Å². The van der Waals surface area contributed by atoms with Gasteiger partial charge in [0.15, 0.2) is 0 Å². The third-order valence-corrected chi connectivity index (χ3v) is 2.56. The van der Waals surface area contributed by atoms with Gasteiger partial charge in [0.1, 0.15) is 5.78 Å². The number of ketones is 1. The quantitative estimate of drug-likeness (QED) is 0.375. The van der Waals surface area contributed by atoms with Crippen LogP contribution in [-0.2, 0) is 4.79 Å². The molecule has 1 aliphatic rings. The summed E-state index contributed by atoms with van der Waals surface area (Å²) in [5.74, 6) is 0.500. The third-order valence-electron chi connectivity index (χ3n) is 2.56. The number of rotatable bonds is 3. The van der Waals surface area contributed by atoms with E-state index >= 15 is 0 Å². The lowest BCUT2D eigenvalue weighted by Gasteiger charge is -2.21. The van der Waals surface area contributed by atoms with Crippen molar-refractivity contribution < 1.29 is 4.79 Å². The third kappa shape index (κ3) is 3.07. The minimum atomic E-state index is -0.0444. The first-order valence-electron chi connectivity index (χ1n) is 4.81. The Balaban J connectivity index is 2.42. The number of hydrogen-bond donors (Lipinski definition) is 0. The summed E-state index contributed by atoms with van der Waals surface area (Å²) >= 11 is 0. The Kier molecular flexibility index (Phi) is 3.77. The molecule has 1 fully saturated rings. The van der Waals surface area contributed by atoms with Gasteiger partial charge >= 0.3 is 0 Å². The Morgan fingerprint density at radius 2 is 2.46 bits per heavy atom. The first-order chi connectivity index (χ1) is 6.24. The Morgan fingerprint density at radius 3 is 3.08 bits per heavy atom. The molecule has 13 heavy (non-hydrogen) atoms. The standard InChI is InChI=1S/C9H15N3O/c1-7(11-12-10)6-8-4-2-3-5-9(8)13/h7-8H,2-6H2,1H3. The van der Waals surface area contributed by atoms with E-state index < -0.39 is 0 Å². The molecule has 72 valence electrons. The Morgan fingerprint density at radius 1 is 1.69 bits per heavy atom. The summed E-state index contributed by atoms with van der Waals surface area (Å²) in [6.07, 6.45) is 4.59. The van der Waals surface area contributed by atoms with E-state index in [-0.39, 0.29) is 12.0 Å². The number of Topliss-reactive ketones (excluding diaryl/α,β-unsaturated/α-hetero) is 1. The molecule has 0 spiro atoms. The molecule has 0 saturated heterocycles. The Labute approximate surface area is 77.9 Å². The molecular formula is C9H15N3O. The molecule has 0 amide bonds. The molecule has 4 heteroatoms. The maximum atomic E-state index is 11.4. The van der Waals surface area contributed by atoms with E-state index in [1.165, 1.54) is 0 Å². The minimum Gasteiger partial charge on any atom is -0.299 e. The van der Waals surface area contributed by atoms with E-state index in [0.29, 0.717) is 12.2 Å². The smallest absolute Gasteiger partial charge is 0.135 e. The van der Waals surface area contributed by atoms with Crippen LogP contribution < -0.4 is 0 Å². The van der Waals surface area contributed by atoms with Crippen LogP contribution in [-0.4, -0.2) is 11.8 Å². The zero-order valence-electron chi connectivity index (χ0n) is 7.94. The zero-order valence-corrected chi connectivity index (χ0v) is 7.94. The maximum absolute atomic E-state index is 11.4. The van der Waals surface area contributed by atoms with Gasteiger partial charge < -0.3 is 0 Å². The molecular weight excluding hydrogens is 166 g/mol. The van der Waals surface area contributed by atoms with Crippen LogP contribution >= 0.6 is 0 Å². The van der Waals surface area contributed by atoms with Crippen molar-refractivity contribution in [1.82, 2.24) is 0 Å². The van der Waals surface area contributed by atoms with Crippen molar-refractivity contribution >= 4 is 5.78 Å². The molecule has 0 radical (unpaired) electrons. The second-order valence-electron chi connectivity index (χ2n) is 3.70. The molecule has 4 nitrogen and oxygen atoms in total. The predicted molar refractivity (Wildman–Crippen MR) is 50.2 cm³/mol. The van der Waals surface area contributed by atoms with E-state index in [2.05, 4.69) is 10.0 Å². The topological polar surface area (TPSA) is 65.8 Å². The van der Waals surface area contributed by atoms with Gasteiger partial charge in [0.2, 0.25) is 0 Å². The van der Waals surface area contributed by atoms with E-state index in [1.54, 1.807) is 0 Å². The number of nitrogens with zero attached hydrogens (tertiary/aromatic N) is 3. The summed E-state index contributed by atoms with van der Waals surface area (Å²) in [7, 11) is 0. The average molecular weight is 181 g/mol. The minimum absolute atomic E-state index is 0.0444. The average Bonchev–Trinajstić information content (AvgIpc) is 2.09. The van der Waals surface area contributed by atoms with Gasteiger partial charge in [0.05, 0.1) is 0 Å². The van der Waals surface area contributed by atoms with Crippen molar-refractivity contribution in [3.8, 4) is 0 Å². The highest BCUT2D eigenvalue weighted by Gasteiger charge is 2.23. The van der Waals surface area contributed by atoms with Gasteiger partial charge in [-0.25, -0.2) is 0 Å². The highest BCUT2D eigenvalue weighted by Crippen LogP contribution is 2.25. The largest absolute Gasteiger partial charge is 0.299 e. The predicted octanol–water partition coefficient (Wildman–Crippen LogP) is 2.83. The Hall–Kier alpha value is -1.02. The van der Waals surface area contributed by atoms with Crippen LogP contribution in [0.4, 0.5) is 0 Å².